The van der Waals surface area contributed by atoms with Gasteiger partial charge in [0.05, 0.1) is 10.5 Å². The number of halogens is 1. The van der Waals surface area contributed by atoms with Crippen LogP contribution in [-0.4, -0.2) is 20.6 Å². The number of carbonyl (C=O) groups is 1. The van der Waals surface area contributed by atoms with Gasteiger partial charge in [0.2, 0.25) is 0 Å². The van der Waals surface area contributed by atoms with Crippen molar-refractivity contribution in [2.75, 3.05) is 0 Å². The molecule has 0 unspecified atom stereocenters. The average Bonchev–Trinajstić information content (AvgIpc) is 2.37. The SMILES string of the molecule is Cn1ccnc(Sc2cc(C(=O)O)ccc2F)c1=O. The quantitative estimate of drug-likeness (QED) is 0.927. The van der Waals surface area contributed by atoms with E-state index in [0.717, 1.165) is 23.9 Å². The van der Waals surface area contributed by atoms with Crippen LogP contribution in [0.15, 0.2) is 45.3 Å². The number of aromatic nitrogens is 2. The van der Waals surface area contributed by atoms with Gasteiger partial charge in [-0.05, 0) is 18.2 Å². The number of nitrogens with zero attached hydrogens (tertiary/aromatic N) is 2. The predicted molar refractivity (Wildman–Crippen MR) is 67.0 cm³/mol. The number of benzene rings is 1. The first kappa shape index (κ1) is 13.3. The second-order valence-electron chi connectivity index (χ2n) is 3.70. The molecular formula is C12H9FN2O3S. The maximum Gasteiger partial charge on any atom is 0.335 e. The van der Waals surface area contributed by atoms with Gasteiger partial charge in [0.15, 0.2) is 5.03 Å². The molecule has 0 atom stereocenters. The Morgan fingerprint density at radius 1 is 1.47 bits per heavy atom. The summed E-state index contributed by atoms with van der Waals surface area (Å²) in [6, 6.07) is 3.40. The lowest BCUT2D eigenvalue weighted by Gasteiger charge is -2.04. The number of hydrogen-bond donors (Lipinski definition) is 1. The molecule has 2 aromatic rings. The minimum Gasteiger partial charge on any atom is -0.478 e. The van der Waals surface area contributed by atoms with Gasteiger partial charge in [-0.3, -0.25) is 4.79 Å². The van der Waals surface area contributed by atoms with E-state index in [9.17, 15) is 14.0 Å². The Morgan fingerprint density at radius 3 is 2.89 bits per heavy atom. The number of rotatable bonds is 3. The summed E-state index contributed by atoms with van der Waals surface area (Å²) in [6.45, 7) is 0. The molecule has 0 spiro atoms. The Balaban J connectivity index is 2.43. The second kappa shape index (κ2) is 5.23. The molecule has 2 rings (SSSR count). The summed E-state index contributed by atoms with van der Waals surface area (Å²) in [5.41, 5.74) is -0.413. The van der Waals surface area contributed by atoms with Crippen LogP contribution in [0.25, 0.3) is 0 Å². The highest BCUT2D eigenvalue weighted by atomic mass is 32.2. The fourth-order valence-corrected chi connectivity index (χ4v) is 2.27. The molecule has 0 saturated carbocycles. The van der Waals surface area contributed by atoms with E-state index in [2.05, 4.69) is 4.98 Å². The molecule has 5 nitrogen and oxygen atoms in total. The van der Waals surface area contributed by atoms with Crippen LogP contribution in [0.5, 0.6) is 0 Å². The number of aromatic carboxylic acids is 1. The van der Waals surface area contributed by atoms with Gasteiger partial charge in [0, 0.05) is 19.4 Å². The van der Waals surface area contributed by atoms with Crippen LogP contribution in [0.1, 0.15) is 10.4 Å². The van der Waals surface area contributed by atoms with E-state index in [4.69, 9.17) is 5.11 Å². The molecule has 0 saturated heterocycles. The average molecular weight is 280 g/mol. The summed E-state index contributed by atoms with van der Waals surface area (Å²) < 4.78 is 14.9. The lowest BCUT2D eigenvalue weighted by molar-refractivity contribution is 0.0696. The third kappa shape index (κ3) is 2.82. The predicted octanol–water partition coefficient (Wildman–Crippen LogP) is 1.77. The van der Waals surface area contributed by atoms with Crippen molar-refractivity contribution in [1.29, 1.82) is 0 Å². The molecule has 0 radical (unpaired) electrons. The molecule has 1 aromatic heterocycles. The lowest BCUT2D eigenvalue weighted by atomic mass is 10.2. The molecular weight excluding hydrogens is 271 g/mol. The van der Waals surface area contributed by atoms with Gasteiger partial charge in [-0.15, -0.1) is 0 Å². The number of aryl methyl sites for hydroxylation is 1. The van der Waals surface area contributed by atoms with E-state index in [-0.39, 0.29) is 21.0 Å². The van der Waals surface area contributed by atoms with Gasteiger partial charge in [0.25, 0.3) is 5.56 Å². The minimum atomic E-state index is -1.16. The smallest absolute Gasteiger partial charge is 0.335 e. The highest BCUT2D eigenvalue weighted by Gasteiger charge is 2.12. The molecule has 0 bridgehead atoms. The number of carboxylic acid groups (broad SMARTS) is 1. The first-order chi connectivity index (χ1) is 8.99. The molecule has 1 aromatic carbocycles. The van der Waals surface area contributed by atoms with Gasteiger partial charge < -0.3 is 9.67 Å². The Labute approximate surface area is 111 Å². The molecule has 0 aliphatic heterocycles. The highest BCUT2D eigenvalue weighted by molar-refractivity contribution is 7.99. The topological polar surface area (TPSA) is 72.2 Å². The van der Waals surface area contributed by atoms with Crippen molar-refractivity contribution in [3.8, 4) is 0 Å². The molecule has 1 N–H and O–H groups in total. The van der Waals surface area contributed by atoms with Crippen LogP contribution in [0.3, 0.4) is 0 Å². The van der Waals surface area contributed by atoms with Crippen LogP contribution >= 0.6 is 11.8 Å². The largest absolute Gasteiger partial charge is 0.478 e. The number of hydrogen-bond acceptors (Lipinski definition) is 4. The van der Waals surface area contributed by atoms with Gasteiger partial charge in [-0.25, -0.2) is 14.2 Å². The summed E-state index contributed by atoms with van der Waals surface area (Å²) in [6.07, 6.45) is 2.90. The molecule has 0 fully saturated rings. The molecule has 19 heavy (non-hydrogen) atoms. The summed E-state index contributed by atoms with van der Waals surface area (Å²) in [7, 11) is 1.55. The first-order valence-electron chi connectivity index (χ1n) is 5.21. The highest BCUT2D eigenvalue weighted by Crippen LogP contribution is 2.27. The maximum absolute atomic E-state index is 13.6. The van der Waals surface area contributed by atoms with Crippen molar-refractivity contribution in [2.24, 2.45) is 7.05 Å². The third-order valence-electron chi connectivity index (χ3n) is 2.37. The van der Waals surface area contributed by atoms with Crippen LogP contribution in [0.4, 0.5) is 4.39 Å². The molecule has 0 amide bonds. The monoisotopic (exact) mass is 280 g/mol. The Hall–Kier alpha value is -2.15. The van der Waals surface area contributed by atoms with Crippen LogP contribution in [-0.2, 0) is 7.05 Å². The zero-order chi connectivity index (χ0) is 14.0. The Bertz CT molecular complexity index is 700. The van der Waals surface area contributed by atoms with Crippen molar-refractivity contribution < 1.29 is 14.3 Å². The van der Waals surface area contributed by atoms with Crippen molar-refractivity contribution in [2.45, 2.75) is 9.92 Å². The molecule has 98 valence electrons. The van der Waals surface area contributed by atoms with Crippen molar-refractivity contribution >= 4 is 17.7 Å². The van der Waals surface area contributed by atoms with E-state index in [1.165, 1.54) is 23.0 Å². The molecule has 7 heteroatoms. The fraction of sp³-hybridized carbons (Fsp3) is 0.0833. The van der Waals surface area contributed by atoms with E-state index >= 15 is 0 Å². The third-order valence-corrected chi connectivity index (χ3v) is 3.38. The summed E-state index contributed by atoms with van der Waals surface area (Å²) in [4.78, 5) is 26.5. The van der Waals surface area contributed by atoms with Crippen LogP contribution in [0, 0.1) is 5.82 Å². The summed E-state index contributed by atoms with van der Waals surface area (Å²) >= 11 is 0.804. The standard InChI is InChI=1S/C12H9FN2O3S/c1-15-5-4-14-10(11(15)16)19-9-6-7(12(17)18)2-3-8(9)13/h2-6H,1H3,(H,17,18). The molecule has 1 heterocycles. The molecule has 0 aliphatic carbocycles. The summed E-state index contributed by atoms with van der Waals surface area (Å²) in [5, 5.41) is 8.94. The van der Waals surface area contributed by atoms with E-state index in [0.29, 0.717) is 0 Å². The zero-order valence-electron chi connectivity index (χ0n) is 9.83. The van der Waals surface area contributed by atoms with Crippen molar-refractivity contribution in [3.05, 3.63) is 52.3 Å². The van der Waals surface area contributed by atoms with Gasteiger partial charge >= 0.3 is 5.97 Å². The van der Waals surface area contributed by atoms with Crippen LogP contribution < -0.4 is 5.56 Å². The first-order valence-corrected chi connectivity index (χ1v) is 6.03. The Kier molecular flexibility index (Phi) is 3.66. The normalized spacial score (nSPS) is 10.4. The Morgan fingerprint density at radius 2 is 2.21 bits per heavy atom. The molecule has 0 aliphatic rings. The maximum atomic E-state index is 13.6. The zero-order valence-corrected chi connectivity index (χ0v) is 10.6. The van der Waals surface area contributed by atoms with Crippen molar-refractivity contribution in [3.63, 3.8) is 0 Å². The van der Waals surface area contributed by atoms with E-state index < -0.39 is 11.8 Å². The second-order valence-corrected chi connectivity index (χ2v) is 4.73. The summed E-state index contributed by atoms with van der Waals surface area (Å²) in [5.74, 6) is -1.75. The fourth-order valence-electron chi connectivity index (χ4n) is 1.36. The number of carboxylic acids is 1. The van der Waals surface area contributed by atoms with Gasteiger partial charge in [-0.1, -0.05) is 11.8 Å². The minimum absolute atomic E-state index is 0.0448. The van der Waals surface area contributed by atoms with E-state index in [1.54, 1.807) is 7.05 Å². The van der Waals surface area contributed by atoms with Gasteiger partial charge in [-0.2, -0.15) is 0 Å². The van der Waals surface area contributed by atoms with Crippen molar-refractivity contribution in [1.82, 2.24) is 9.55 Å². The van der Waals surface area contributed by atoms with Gasteiger partial charge in [0.1, 0.15) is 5.82 Å². The van der Waals surface area contributed by atoms with Crippen LogP contribution in [0.2, 0.25) is 0 Å². The lowest BCUT2D eigenvalue weighted by Crippen LogP contribution is -2.18. The van der Waals surface area contributed by atoms with E-state index in [1.807, 2.05) is 0 Å².